The Kier molecular flexibility index (Phi) is 11.0. The topological polar surface area (TPSA) is 40.5 Å². The molecule has 1 atom stereocenters. The second-order valence-corrected chi connectivity index (χ2v) is 7.25. The Balaban J connectivity index is 2.19. The second-order valence-electron chi connectivity index (χ2n) is 7.25. The van der Waals surface area contributed by atoms with Crippen LogP contribution in [0.3, 0.4) is 0 Å². The first-order valence-electron chi connectivity index (χ1n) is 9.88. The molecule has 2 heteroatoms. The Bertz CT molecular complexity index is 394. The van der Waals surface area contributed by atoms with Crippen molar-refractivity contribution in [3.8, 4) is 0 Å². The molecule has 1 aromatic rings. The fourth-order valence-electron chi connectivity index (χ4n) is 3.28. The van der Waals surface area contributed by atoms with E-state index < -0.39 is 5.79 Å². The monoisotopic (exact) mass is 333 g/mol. The third-order valence-electron chi connectivity index (χ3n) is 4.61. The molecule has 2 N–H and O–H groups in total. The third-order valence-corrected chi connectivity index (χ3v) is 4.61. The number of rotatable bonds is 14. The smallest absolute Gasteiger partial charge is 0.163 e. The van der Waals surface area contributed by atoms with Crippen molar-refractivity contribution in [1.29, 1.82) is 0 Å². The van der Waals surface area contributed by atoms with E-state index in [2.05, 4.69) is 19.1 Å². The molecule has 1 unspecified atom stereocenters. The first kappa shape index (κ1) is 21.2. The van der Waals surface area contributed by atoms with Crippen LogP contribution in [0.15, 0.2) is 30.3 Å². The molecule has 2 nitrogen and oxygen atoms in total. The molecule has 0 spiro atoms. The minimum absolute atomic E-state index is 0.111. The van der Waals surface area contributed by atoms with E-state index in [1.54, 1.807) is 6.42 Å². The number of hydrogen-bond acceptors (Lipinski definition) is 2. The summed E-state index contributed by atoms with van der Waals surface area (Å²) in [6, 6.07) is 10.2. The fraction of sp³-hybridized carbons (Fsp3) is 0.682. The van der Waals surface area contributed by atoms with Gasteiger partial charge in [0.2, 0.25) is 0 Å². The Morgan fingerprint density at radius 1 is 0.833 bits per heavy atom. The van der Waals surface area contributed by atoms with Crippen LogP contribution in [-0.4, -0.2) is 16.0 Å². The summed E-state index contributed by atoms with van der Waals surface area (Å²) in [4.78, 5) is 0. The summed E-state index contributed by atoms with van der Waals surface area (Å²) in [5.74, 6) is -1.60. The lowest BCUT2D eigenvalue weighted by Gasteiger charge is -2.24. The molecule has 24 heavy (non-hydrogen) atoms. The summed E-state index contributed by atoms with van der Waals surface area (Å²) >= 11 is 0. The summed E-state index contributed by atoms with van der Waals surface area (Å²) in [5.41, 5.74) is 1.17. The molecule has 137 valence electrons. The largest absolute Gasteiger partial charge is 0.366 e. The van der Waals surface area contributed by atoms with Crippen LogP contribution in [0.4, 0.5) is 0 Å². The molecule has 0 aliphatic carbocycles. The van der Waals surface area contributed by atoms with Crippen molar-refractivity contribution >= 4 is 0 Å². The quantitative estimate of drug-likeness (QED) is 0.324. The Hall–Kier alpha value is -0.860. The predicted molar refractivity (Wildman–Crippen MR) is 103 cm³/mol. The minimum atomic E-state index is -1.71. The van der Waals surface area contributed by atoms with Gasteiger partial charge in [-0.05, 0) is 24.8 Å². The zero-order chi connectivity index (χ0) is 17.7. The van der Waals surface area contributed by atoms with Gasteiger partial charge in [-0.15, -0.1) is 0 Å². The second kappa shape index (κ2) is 12.5. The molecule has 1 radical (unpaired) electrons. The van der Waals surface area contributed by atoms with Gasteiger partial charge in [-0.3, -0.25) is 0 Å². The Labute approximate surface area is 149 Å². The first-order chi connectivity index (χ1) is 11.5. The van der Waals surface area contributed by atoms with Crippen LogP contribution in [-0.2, 0) is 0 Å². The highest BCUT2D eigenvalue weighted by Gasteiger charge is 2.23. The predicted octanol–water partition coefficient (Wildman–Crippen LogP) is 5.99. The number of benzene rings is 1. The molecule has 1 rings (SSSR count). The van der Waals surface area contributed by atoms with Crippen molar-refractivity contribution in [1.82, 2.24) is 0 Å². The maximum atomic E-state index is 9.71. The van der Waals surface area contributed by atoms with Gasteiger partial charge in [0.25, 0.3) is 0 Å². The van der Waals surface area contributed by atoms with Gasteiger partial charge in [-0.2, -0.15) is 0 Å². The van der Waals surface area contributed by atoms with Crippen molar-refractivity contribution in [2.45, 2.75) is 96.2 Å². The van der Waals surface area contributed by atoms with E-state index in [0.29, 0.717) is 0 Å². The van der Waals surface area contributed by atoms with Gasteiger partial charge in [-0.25, -0.2) is 0 Å². The molecule has 0 saturated carbocycles. The molecule has 0 fully saturated rings. The van der Waals surface area contributed by atoms with Crippen LogP contribution in [0, 0.1) is 6.42 Å². The van der Waals surface area contributed by atoms with Gasteiger partial charge >= 0.3 is 0 Å². The third kappa shape index (κ3) is 10.8. The molecule has 0 aliphatic heterocycles. The van der Waals surface area contributed by atoms with Gasteiger partial charge in [0.15, 0.2) is 5.79 Å². The maximum Gasteiger partial charge on any atom is 0.163 e. The molecular formula is C22H37O2. The Morgan fingerprint density at radius 2 is 1.33 bits per heavy atom. The Morgan fingerprint density at radius 3 is 1.83 bits per heavy atom. The average Bonchev–Trinajstić information content (AvgIpc) is 2.55. The van der Waals surface area contributed by atoms with E-state index >= 15 is 0 Å². The SMILES string of the molecule is CCCCCCCCCCCCC([CH]C(C)(O)O)c1ccccc1. The molecule has 1 aromatic carbocycles. The van der Waals surface area contributed by atoms with Crippen LogP contribution < -0.4 is 0 Å². The van der Waals surface area contributed by atoms with Gasteiger partial charge in [0.1, 0.15) is 0 Å². The molecule has 0 bridgehead atoms. The standard InChI is InChI=1S/C22H37O2/c1-3-4-5-6-7-8-9-10-11-13-18-21(19-22(2,23)24)20-16-14-12-15-17-20/h12,14-17,19,21,23-24H,3-11,13,18H2,1-2H3. The summed E-state index contributed by atoms with van der Waals surface area (Å²) in [6.45, 7) is 3.69. The number of hydrogen-bond donors (Lipinski definition) is 2. The van der Waals surface area contributed by atoms with E-state index in [9.17, 15) is 10.2 Å². The highest BCUT2D eigenvalue weighted by molar-refractivity contribution is 5.23. The molecule has 0 aromatic heterocycles. The number of aliphatic hydroxyl groups is 2. The molecular weight excluding hydrogens is 296 g/mol. The van der Waals surface area contributed by atoms with Crippen LogP contribution in [0.1, 0.15) is 96.0 Å². The summed E-state index contributed by atoms with van der Waals surface area (Å²) in [5, 5.41) is 19.4. The van der Waals surface area contributed by atoms with Crippen molar-refractivity contribution in [2.75, 3.05) is 0 Å². The van der Waals surface area contributed by atoms with E-state index in [-0.39, 0.29) is 5.92 Å². The van der Waals surface area contributed by atoms with E-state index in [4.69, 9.17) is 0 Å². The van der Waals surface area contributed by atoms with Gasteiger partial charge < -0.3 is 10.2 Å². The zero-order valence-electron chi connectivity index (χ0n) is 15.7. The zero-order valence-corrected chi connectivity index (χ0v) is 15.7. The van der Waals surface area contributed by atoms with Gasteiger partial charge in [0, 0.05) is 6.42 Å². The maximum absolute atomic E-state index is 9.71. The molecule has 0 amide bonds. The van der Waals surface area contributed by atoms with Crippen molar-refractivity contribution < 1.29 is 10.2 Å². The van der Waals surface area contributed by atoms with Crippen LogP contribution >= 0.6 is 0 Å². The highest BCUT2D eigenvalue weighted by Crippen LogP contribution is 2.29. The lowest BCUT2D eigenvalue weighted by Crippen LogP contribution is -2.27. The normalized spacial score (nSPS) is 13.2. The van der Waals surface area contributed by atoms with E-state index in [1.807, 2.05) is 18.2 Å². The van der Waals surface area contributed by atoms with Crippen LogP contribution in [0.2, 0.25) is 0 Å². The summed E-state index contributed by atoms with van der Waals surface area (Å²) < 4.78 is 0. The van der Waals surface area contributed by atoms with Crippen molar-refractivity contribution in [3.63, 3.8) is 0 Å². The first-order valence-corrected chi connectivity index (χ1v) is 9.88. The number of unbranched alkanes of at least 4 members (excludes halogenated alkanes) is 9. The summed E-state index contributed by atoms with van der Waals surface area (Å²) in [6.07, 6.45) is 15.9. The van der Waals surface area contributed by atoms with Gasteiger partial charge in [0.05, 0.1) is 0 Å². The lowest BCUT2D eigenvalue weighted by molar-refractivity contribution is -0.119. The highest BCUT2D eigenvalue weighted by atomic mass is 16.5. The fourth-order valence-corrected chi connectivity index (χ4v) is 3.28. The van der Waals surface area contributed by atoms with E-state index in [1.165, 1.54) is 70.3 Å². The minimum Gasteiger partial charge on any atom is -0.366 e. The molecule has 0 aliphatic rings. The lowest BCUT2D eigenvalue weighted by atomic mass is 9.87. The summed E-state index contributed by atoms with van der Waals surface area (Å²) in [7, 11) is 0. The van der Waals surface area contributed by atoms with Gasteiger partial charge in [-0.1, -0.05) is 101 Å². The van der Waals surface area contributed by atoms with Crippen molar-refractivity contribution in [3.05, 3.63) is 42.3 Å². The average molecular weight is 334 g/mol. The van der Waals surface area contributed by atoms with Crippen LogP contribution in [0.25, 0.3) is 0 Å². The molecule has 0 saturated heterocycles. The molecule has 0 heterocycles. The van der Waals surface area contributed by atoms with Crippen molar-refractivity contribution in [2.24, 2.45) is 0 Å². The van der Waals surface area contributed by atoms with E-state index in [0.717, 1.165) is 12.8 Å². The van der Waals surface area contributed by atoms with Crippen LogP contribution in [0.5, 0.6) is 0 Å².